The number of rotatable bonds is 0. The van der Waals surface area contributed by atoms with Gasteiger partial charge in [-0.25, -0.2) is 4.85 Å². The maximum Gasteiger partial charge on any atom is 0.187 e. The van der Waals surface area contributed by atoms with Crippen LogP contribution in [0.4, 0.5) is 11.4 Å². The zero-order chi connectivity index (χ0) is 14.4. The fraction of sp³-hybridized carbons (Fsp3) is 0.588. The van der Waals surface area contributed by atoms with Crippen molar-refractivity contribution in [2.75, 3.05) is 24.5 Å². The lowest BCUT2D eigenvalue weighted by atomic mass is 9.74. The van der Waals surface area contributed by atoms with Gasteiger partial charge in [0.15, 0.2) is 5.69 Å². The van der Waals surface area contributed by atoms with Crippen LogP contribution in [-0.4, -0.2) is 25.2 Å². The molecule has 3 heteroatoms. The maximum absolute atomic E-state index is 7.28. The molecular formula is C17H23N3. The Kier molecular flexibility index (Phi) is 3.02. The van der Waals surface area contributed by atoms with E-state index in [0.717, 1.165) is 25.3 Å². The van der Waals surface area contributed by atoms with Gasteiger partial charge in [-0.1, -0.05) is 12.1 Å². The highest BCUT2D eigenvalue weighted by Gasteiger charge is 2.45. The van der Waals surface area contributed by atoms with E-state index in [0.29, 0.717) is 0 Å². The summed E-state index contributed by atoms with van der Waals surface area (Å²) in [7, 11) is 0. The Labute approximate surface area is 121 Å². The normalized spacial score (nSPS) is 20.8. The number of piperidine rings is 1. The summed E-state index contributed by atoms with van der Waals surface area (Å²) in [5.74, 6) is 0. The number of anilines is 1. The lowest BCUT2D eigenvalue weighted by molar-refractivity contribution is 0.312. The second-order valence-corrected chi connectivity index (χ2v) is 7.10. The van der Waals surface area contributed by atoms with Crippen LogP contribution in [0.5, 0.6) is 0 Å². The molecule has 1 aromatic carbocycles. The molecule has 1 spiro atoms. The van der Waals surface area contributed by atoms with Gasteiger partial charge in [0.2, 0.25) is 0 Å². The lowest BCUT2D eigenvalue weighted by Gasteiger charge is -2.39. The van der Waals surface area contributed by atoms with Crippen LogP contribution in [0.3, 0.4) is 0 Å². The van der Waals surface area contributed by atoms with Crippen molar-refractivity contribution < 1.29 is 0 Å². The third-order valence-corrected chi connectivity index (χ3v) is 4.80. The molecule has 0 unspecified atom stereocenters. The predicted octanol–water partition coefficient (Wildman–Crippen LogP) is 3.48. The molecule has 2 aliphatic rings. The highest BCUT2D eigenvalue weighted by molar-refractivity contribution is 5.69. The van der Waals surface area contributed by atoms with Gasteiger partial charge in [-0.3, -0.25) is 0 Å². The van der Waals surface area contributed by atoms with Gasteiger partial charge in [-0.05, 0) is 58.3 Å². The van der Waals surface area contributed by atoms with Gasteiger partial charge < -0.3 is 10.2 Å². The smallest absolute Gasteiger partial charge is 0.187 e. The van der Waals surface area contributed by atoms with Crippen molar-refractivity contribution in [3.8, 4) is 0 Å². The molecule has 0 amide bonds. The van der Waals surface area contributed by atoms with Gasteiger partial charge in [0, 0.05) is 23.2 Å². The highest BCUT2D eigenvalue weighted by Crippen LogP contribution is 2.49. The fourth-order valence-corrected chi connectivity index (χ4v) is 3.66. The van der Waals surface area contributed by atoms with Crippen LogP contribution in [0.15, 0.2) is 18.2 Å². The van der Waals surface area contributed by atoms with Gasteiger partial charge in [-0.2, -0.15) is 0 Å². The number of nitrogens with zero attached hydrogens (tertiary/aromatic N) is 2. The van der Waals surface area contributed by atoms with Crippen molar-refractivity contribution in [2.24, 2.45) is 0 Å². The summed E-state index contributed by atoms with van der Waals surface area (Å²) in [4.78, 5) is 6.16. The zero-order valence-electron chi connectivity index (χ0n) is 12.7. The Morgan fingerprint density at radius 3 is 2.55 bits per heavy atom. The molecule has 3 rings (SSSR count). The molecule has 0 radical (unpaired) electrons. The summed E-state index contributed by atoms with van der Waals surface area (Å²) in [5.41, 5.74) is 3.89. The van der Waals surface area contributed by atoms with E-state index in [1.54, 1.807) is 0 Å². The molecule has 0 atom stereocenters. The van der Waals surface area contributed by atoms with Crippen molar-refractivity contribution in [2.45, 2.75) is 44.6 Å². The summed E-state index contributed by atoms with van der Waals surface area (Å²) in [6.07, 6.45) is 2.35. The third kappa shape index (κ3) is 1.99. The Balaban J connectivity index is 2.12. The highest BCUT2D eigenvalue weighted by atomic mass is 15.2. The molecule has 3 nitrogen and oxygen atoms in total. The summed E-state index contributed by atoms with van der Waals surface area (Å²) in [5, 5.41) is 3.47. The molecule has 0 aliphatic carbocycles. The second-order valence-electron chi connectivity index (χ2n) is 7.10. The number of nitrogens with one attached hydrogen (secondary N) is 1. The van der Waals surface area contributed by atoms with Crippen LogP contribution >= 0.6 is 0 Å². The summed E-state index contributed by atoms with van der Waals surface area (Å²) < 4.78 is 0. The molecule has 1 fully saturated rings. The minimum absolute atomic E-state index is 0.128. The number of benzene rings is 1. The standard InChI is InChI=1S/C17H23N3/c1-16(2,3)20-12-17(7-9-19-10-8-17)14-11-13(18-4)5-6-15(14)20/h5-6,11,19H,7-10,12H2,1-3H3. The summed E-state index contributed by atoms with van der Waals surface area (Å²) >= 11 is 0. The van der Waals surface area contributed by atoms with Gasteiger partial charge in [0.1, 0.15) is 0 Å². The van der Waals surface area contributed by atoms with Gasteiger partial charge in [0.05, 0.1) is 6.57 Å². The molecule has 0 saturated carbocycles. The third-order valence-electron chi connectivity index (χ3n) is 4.80. The average molecular weight is 269 g/mol. The molecular weight excluding hydrogens is 246 g/mol. The van der Waals surface area contributed by atoms with Gasteiger partial charge in [0.25, 0.3) is 0 Å². The first kappa shape index (κ1) is 13.5. The van der Waals surface area contributed by atoms with Crippen molar-refractivity contribution >= 4 is 11.4 Å². The molecule has 106 valence electrons. The molecule has 2 heterocycles. The fourth-order valence-electron chi connectivity index (χ4n) is 3.66. The monoisotopic (exact) mass is 269 g/mol. The Morgan fingerprint density at radius 1 is 1.25 bits per heavy atom. The first-order valence-corrected chi connectivity index (χ1v) is 7.47. The Morgan fingerprint density at radius 2 is 1.95 bits per heavy atom. The van der Waals surface area contributed by atoms with Gasteiger partial charge >= 0.3 is 0 Å². The van der Waals surface area contributed by atoms with E-state index in [2.05, 4.69) is 48.0 Å². The van der Waals surface area contributed by atoms with E-state index >= 15 is 0 Å². The van der Waals surface area contributed by atoms with Crippen LogP contribution in [0.25, 0.3) is 4.85 Å². The molecule has 20 heavy (non-hydrogen) atoms. The maximum atomic E-state index is 7.28. The van der Waals surface area contributed by atoms with Crippen LogP contribution < -0.4 is 10.2 Å². The van der Waals surface area contributed by atoms with E-state index in [9.17, 15) is 0 Å². The van der Waals surface area contributed by atoms with Crippen molar-refractivity contribution in [1.82, 2.24) is 5.32 Å². The second kappa shape index (κ2) is 4.49. The van der Waals surface area contributed by atoms with Gasteiger partial charge in [-0.15, -0.1) is 0 Å². The van der Waals surface area contributed by atoms with E-state index in [1.807, 2.05) is 6.07 Å². The lowest BCUT2D eigenvalue weighted by Crippen LogP contribution is -2.47. The molecule has 1 N–H and O–H groups in total. The largest absolute Gasteiger partial charge is 0.366 e. The first-order chi connectivity index (χ1) is 9.46. The van der Waals surface area contributed by atoms with E-state index < -0.39 is 0 Å². The van der Waals surface area contributed by atoms with Crippen LogP contribution in [0.1, 0.15) is 39.2 Å². The molecule has 0 aromatic heterocycles. The number of fused-ring (bicyclic) bond motifs is 2. The van der Waals surface area contributed by atoms with Crippen molar-refractivity contribution in [3.05, 3.63) is 35.2 Å². The summed E-state index contributed by atoms with van der Waals surface area (Å²) in [6, 6.07) is 6.26. The average Bonchev–Trinajstić information content (AvgIpc) is 2.74. The minimum atomic E-state index is 0.128. The van der Waals surface area contributed by atoms with E-state index in [4.69, 9.17) is 6.57 Å². The SMILES string of the molecule is [C-]#[N+]c1ccc2c(c1)C1(CCNCC1)CN2C(C)(C)C. The quantitative estimate of drug-likeness (QED) is 0.727. The van der Waals surface area contributed by atoms with Crippen LogP contribution in [0, 0.1) is 6.57 Å². The number of hydrogen-bond donors (Lipinski definition) is 1. The summed E-state index contributed by atoms with van der Waals surface area (Å²) in [6.45, 7) is 17.4. The zero-order valence-corrected chi connectivity index (χ0v) is 12.7. The molecule has 1 saturated heterocycles. The molecule has 1 aromatic rings. The molecule has 2 aliphatic heterocycles. The first-order valence-electron chi connectivity index (χ1n) is 7.47. The Hall–Kier alpha value is -1.53. The predicted molar refractivity (Wildman–Crippen MR) is 83.6 cm³/mol. The van der Waals surface area contributed by atoms with E-state index in [-0.39, 0.29) is 11.0 Å². The van der Waals surface area contributed by atoms with Crippen LogP contribution in [0.2, 0.25) is 0 Å². The minimum Gasteiger partial charge on any atom is -0.366 e. The number of hydrogen-bond acceptors (Lipinski definition) is 2. The van der Waals surface area contributed by atoms with Crippen molar-refractivity contribution in [1.29, 1.82) is 0 Å². The molecule has 0 bridgehead atoms. The topological polar surface area (TPSA) is 19.6 Å². The van der Waals surface area contributed by atoms with Crippen LogP contribution in [-0.2, 0) is 5.41 Å². The van der Waals surface area contributed by atoms with E-state index in [1.165, 1.54) is 24.1 Å². The Bertz CT molecular complexity index is 557. The van der Waals surface area contributed by atoms with Crippen molar-refractivity contribution in [3.63, 3.8) is 0 Å².